The van der Waals surface area contributed by atoms with E-state index in [1.165, 1.54) is 10.6 Å². The number of halogens is 1. The van der Waals surface area contributed by atoms with Gasteiger partial charge in [-0.1, -0.05) is 0 Å². The van der Waals surface area contributed by atoms with Crippen molar-refractivity contribution in [3.05, 3.63) is 48.8 Å². The van der Waals surface area contributed by atoms with Gasteiger partial charge in [-0.25, -0.2) is 9.37 Å². The minimum Gasteiger partial charge on any atom is -0.274 e. The summed E-state index contributed by atoms with van der Waals surface area (Å²) in [5, 5.41) is 4.65. The molecule has 96 valence electrons. The molecule has 3 heterocycles. The minimum atomic E-state index is -0.408. The van der Waals surface area contributed by atoms with E-state index in [4.69, 9.17) is 0 Å². The lowest BCUT2D eigenvalue weighted by atomic mass is 10.3. The summed E-state index contributed by atoms with van der Waals surface area (Å²) < 4.78 is 16.1. The van der Waals surface area contributed by atoms with Gasteiger partial charge in [0.2, 0.25) is 5.91 Å². The molecule has 3 aromatic heterocycles. The van der Waals surface area contributed by atoms with Gasteiger partial charge in [0, 0.05) is 36.9 Å². The lowest BCUT2D eigenvalue weighted by molar-refractivity contribution is 0.0900. The van der Waals surface area contributed by atoms with Crippen LogP contribution in [0.4, 0.5) is 4.39 Å². The minimum absolute atomic E-state index is 0.0930. The zero-order chi connectivity index (χ0) is 13.2. The molecular weight excluding hydrogens is 247 g/mol. The highest BCUT2D eigenvalue weighted by atomic mass is 19.1. The first-order valence-electron chi connectivity index (χ1n) is 5.87. The monoisotopic (exact) mass is 258 g/mol. The highest BCUT2D eigenvalue weighted by molar-refractivity contribution is 5.90. The summed E-state index contributed by atoms with van der Waals surface area (Å²) in [7, 11) is 0. The number of fused-ring (bicyclic) bond motifs is 1. The van der Waals surface area contributed by atoms with Crippen molar-refractivity contribution in [2.45, 2.75) is 13.0 Å². The molecule has 0 aliphatic heterocycles. The third kappa shape index (κ3) is 2.24. The van der Waals surface area contributed by atoms with Gasteiger partial charge in [-0.3, -0.25) is 14.0 Å². The Bertz CT molecular complexity index is 717. The van der Waals surface area contributed by atoms with E-state index in [0.717, 1.165) is 6.20 Å². The number of carbonyl (C=O) groups excluding carboxylic acids is 1. The second-order valence-electron chi connectivity index (χ2n) is 4.16. The zero-order valence-electron chi connectivity index (χ0n) is 10.0. The average molecular weight is 258 g/mol. The Morgan fingerprint density at radius 3 is 3.05 bits per heavy atom. The normalized spacial score (nSPS) is 11.0. The number of pyridine rings is 1. The SMILES string of the molecule is O=C(CCn1cccn1)n1ccc2cc(F)cnc21. The topological polar surface area (TPSA) is 52.7 Å². The van der Waals surface area contributed by atoms with Crippen molar-refractivity contribution in [2.75, 3.05) is 0 Å². The number of hydrogen-bond acceptors (Lipinski definition) is 3. The first kappa shape index (κ1) is 11.6. The quantitative estimate of drug-likeness (QED) is 0.723. The maximum Gasteiger partial charge on any atom is 0.234 e. The predicted molar refractivity (Wildman–Crippen MR) is 67.2 cm³/mol. The highest BCUT2D eigenvalue weighted by Crippen LogP contribution is 2.14. The Balaban J connectivity index is 1.81. The number of nitrogens with zero attached hydrogens (tertiary/aromatic N) is 4. The zero-order valence-corrected chi connectivity index (χ0v) is 10.0. The van der Waals surface area contributed by atoms with Crippen molar-refractivity contribution in [1.82, 2.24) is 19.3 Å². The molecule has 0 aliphatic carbocycles. The van der Waals surface area contributed by atoms with Crippen LogP contribution in [0.3, 0.4) is 0 Å². The Kier molecular flexibility index (Phi) is 2.83. The van der Waals surface area contributed by atoms with Gasteiger partial charge in [-0.15, -0.1) is 0 Å². The summed E-state index contributed by atoms with van der Waals surface area (Å²) in [6.07, 6.45) is 6.50. The molecule has 0 amide bonds. The molecule has 5 nitrogen and oxygen atoms in total. The molecule has 0 saturated carbocycles. The summed E-state index contributed by atoms with van der Waals surface area (Å²) in [6.45, 7) is 0.507. The summed E-state index contributed by atoms with van der Waals surface area (Å²) in [5.41, 5.74) is 0.479. The number of aryl methyl sites for hydroxylation is 1. The van der Waals surface area contributed by atoms with Crippen molar-refractivity contribution in [3.8, 4) is 0 Å². The largest absolute Gasteiger partial charge is 0.274 e. The molecule has 0 atom stereocenters. The van der Waals surface area contributed by atoms with E-state index in [9.17, 15) is 9.18 Å². The Morgan fingerprint density at radius 2 is 2.26 bits per heavy atom. The third-order valence-corrected chi connectivity index (χ3v) is 2.88. The molecule has 0 saturated heterocycles. The van der Waals surface area contributed by atoms with Crippen LogP contribution in [-0.2, 0) is 6.54 Å². The third-order valence-electron chi connectivity index (χ3n) is 2.88. The standard InChI is InChI=1S/C13H11FN4O/c14-11-8-10-2-7-18(13(10)15-9-11)12(19)3-6-17-5-1-4-16-17/h1-2,4-5,7-9H,3,6H2. The molecule has 6 heteroatoms. The van der Waals surface area contributed by atoms with E-state index in [-0.39, 0.29) is 5.91 Å². The van der Waals surface area contributed by atoms with E-state index < -0.39 is 5.82 Å². The second-order valence-corrected chi connectivity index (χ2v) is 4.16. The van der Waals surface area contributed by atoms with Gasteiger partial charge in [-0.05, 0) is 18.2 Å². The van der Waals surface area contributed by atoms with Crippen LogP contribution in [0.25, 0.3) is 11.0 Å². The molecule has 0 aliphatic rings. The molecule has 0 unspecified atom stereocenters. The molecule has 0 spiro atoms. The van der Waals surface area contributed by atoms with Crippen molar-refractivity contribution < 1.29 is 9.18 Å². The fourth-order valence-corrected chi connectivity index (χ4v) is 1.96. The van der Waals surface area contributed by atoms with Gasteiger partial charge in [0.1, 0.15) is 11.5 Å². The molecule has 0 fully saturated rings. The number of aromatic nitrogens is 4. The molecule has 0 radical (unpaired) electrons. The maximum absolute atomic E-state index is 13.0. The smallest absolute Gasteiger partial charge is 0.234 e. The molecule has 3 rings (SSSR count). The van der Waals surface area contributed by atoms with Crippen LogP contribution in [0.15, 0.2) is 43.0 Å². The number of hydrogen-bond donors (Lipinski definition) is 0. The Morgan fingerprint density at radius 1 is 1.37 bits per heavy atom. The van der Waals surface area contributed by atoms with Gasteiger partial charge in [0.15, 0.2) is 0 Å². The van der Waals surface area contributed by atoms with E-state index in [1.54, 1.807) is 35.4 Å². The summed E-state index contributed by atoms with van der Waals surface area (Å²) in [6, 6.07) is 4.84. The van der Waals surface area contributed by atoms with Gasteiger partial charge in [0.25, 0.3) is 0 Å². The maximum atomic E-state index is 13.0. The average Bonchev–Trinajstić information content (AvgIpc) is 3.04. The summed E-state index contributed by atoms with van der Waals surface area (Å²) in [4.78, 5) is 16.0. The van der Waals surface area contributed by atoms with E-state index in [0.29, 0.717) is 24.0 Å². The molecular formula is C13H11FN4O. The van der Waals surface area contributed by atoms with Crippen molar-refractivity contribution >= 4 is 16.9 Å². The lowest BCUT2D eigenvalue weighted by Gasteiger charge is -2.04. The highest BCUT2D eigenvalue weighted by Gasteiger charge is 2.10. The summed E-state index contributed by atoms with van der Waals surface area (Å²) in [5.74, 6) is -0.501. The summed E-state index contributed by atoms with van der Waals surface area (Å²) >= 11 is 0. The molecule has 19 heavy (non-hydrogen) atoms. The first-order valence-corrected chi connectivity index (χ1v) is 5.87. The van der Waals surface area contributed by atoms with Crippen LogP contribution < -0.4 is 0 Å². The molecule has 0 aromatic carbocycles. The van der Waals surface area contributed by atoms with Crippen LogP contribution in [0.5, 0.6) is 0 Å². The van der Waals surface area contributed by atoms with Crippen LogP contribution in [-0.4, -0.2) is 25.2 Å². The van der Waals surface area contributed by atoms with Crippen molar-refractivity contribution in [2.24, 2.45) is 0 Å². The number of rotatable bonds is 3. The lowest BCUT2D eigenvalue weighted by Crippen LogP contribution is -2.13. The first-order chi connectivity index (χ1) is 9.24. The Labute approximate surface area is 108 Å². The van der Waals surface area contributed by atoms with Crippen molar-refractivity contribution in [3.63, 3.8) is 0 Å². The van der Waals surface area contributed by atoms with Crippen LogP contribution in [0.2, 0.25) is 0 Å². The van der Waals surface area contributed by atoms with Gasteiger partial charge in [-0.2, -0.15) is 5.10 Å². The van der Waals surface area contributed by atoms with Gasteiger partial charge < -0.3 is 0 Å². The molecule has 3 aromatic rings. The predicted octanol–water partition coefficient (Wildman–Crippen LogP) is 2.10. The van der Waals surface area contributed by atoms with E-state index in [2.05, 4.69) is 10.1 Å². The second kappa shape index (κ2) is 4.64. The van der Waals surface area contributed by atoms with Crippen LogP contribution in [0, 0.1) is 5.82 Å². The van der Waals surface area contributed by atoms with Gasteiger partial charge in [0.05, 0.1) is 6.20 Å². The van der Waals surface area contributed by atoms with Crippen LogP contribution >= 0.6 is 0 Å². The number of carbonyl (C=O) groups is 1. The Hall–Kier alpha value is -2.50. The molecule has 0 bridgehead atoms. The molecule has 0 N–H and O–H groups in total. The van der Waals surface area contributed by atoms with E-state index >= 15 is 0 Å². The van der Waals surface area contributed by atoms with E-state index in [1.807, 2.05) is 0 Å². The fourth-order valence-electron chi connectivity index (χ4n) is 1.96. The van der Waals surface area contributed by atoms with Gasteiger partial charge >= 0.3 is 0 Å². The fraction of sp³-hybridized carbons (Fsp3) is 0.154. The van der Waals surface area contributed by atoms with Crippen LogP contribution in [0.1, 0.15) is 11.2 Å². The van der Waals surface area contributed by atoms with Crippen molar-refractivity contribution in [1.29, 1.82) is 0 Å².